The molecule has 1 aliphatic rings. The van der Waals surface area contributed by atoms with Gasteiger partial charge in [0.25, 0.3) is 5.91 Å². The van der Waals surface area contributed by atoms with Crippen molar-refractivity contribution in [2.24, 2.45) is 0 Å². The number of thioether (sulfide) groups is 1. The maximum Gasteiger partial charge on any atom is 0.315 e. The molecular formula is C14H14N2O5S2. The van der Waals surface area contributed by atoms with Gasteiger partial charge in [0.05, 0.1) is 16.4 Å². The minimum Gasteiger partial charge on any atom is -0.500 e. The van der Waals surface area contributed by atoms with Gasteiger partial charge >= 0.3 is 5.69 Å². The number of rotatable bonds is 5. The molecule has 1 aliphatic heterocycles. The van der Waals surface area contributed by atoms with Crippen LogP contribution in [0.3, 0.4) is 0 Å². The molecule has 1 amide bonds. The molecule has 0 atom stereocenters. The van der Waals surface area contributed by atoms with Crippen molar-refractivity contribution in [1.29, 1.82) is 0 Å². The number of aromatic hydroxyl groups is 1. The summed E-state index contributed by atoms with van der Waals surface area (Å²) in [5.74, 6) is -0.773. The van der Waals surface area contributed by atoms with Gasteiger partial charge in [-0.1, -0.05) is 24.0 Å². The Hall–Kier alpha value is -2.13. The Morgan fingerprint density at radius 3 is 2.70 bits per heavy atom. The van der Waals surface area contributed by atoms with Crippen molar-refractivity contribution >= 4 is 46.0 Å². The molecule has 2 rings (SSSR count). The summed E-state index contributed by atoms with van der Waals surface area (Å²) in [5.41, 5.74) is -0.0947. The van der Waals surface area contributed by atoms with E-state index in [-0.39, 0.29) is 18.3 Å². The molecule has 0 spiro atoms. The molecule has 0 unspecified atom stereocenters. The van der Waals surface area contributed by atoms with Gasteiger partial charge in [0.15, 0.2) is 5.75 Å². The number of likely N-dealkylation sites (N-methyl/N-ethyl adjacent to an activating group) is 1. The summed E-state index contributed by atoms with van der Waals surface area (Å²) in [7, 11) is 0. The highest BCUT2D eigenvalue weighted by Gasteiger charge is 2.31. The molecule has 0 aromatic heterocycles. The minimum atomic E-state index is -0.702. The number of hydrogen-bond acceptors (Lipinski definition) is 7. The monoisotopic (exact) mass is 354 g/mol. The summed E-state index contributed by atoms with van der Waals surface area (Å²) in [6.45, 7) is 4.21. The average Bonchev–Trinajstić information content (AvgIpc) is 2.76. The van der Waals surface area contributed by atoms with Gasteiger partial charge in [-0.3, -0.25) is 19.8 Å². The lowest BCUT2D eigenvalue weighted by Gasteiger charge is -2.09. The number of amides is 1. The standard InChI is InChI=1S/C14H14N2O5S2/c1-3-15-13(18)11(23-14(15)22)7-8-5-9(16(19)20)12(17)10(6-8)21-4-2/h5-7,17H,3-4H2,1-2H3/b11-7+. The van der Waals surface area contributed by atoms with Crippen LogP contribution in [0, 0.1) is 10.1 Å². The van der Waals surface area contributed by atoms with Gasteiger partial charge in [0.1, 0.15) is 4.32 Å². The van der Waals surface area contributed by atoms with Crippen LogP contribution in [0.4, 0.5) is 5.69 Å². The molecule has 1 N–H and O–H groups in total. The highest BCUT2D eigenvalue weighted by atomic mass is 32.2. The van der Waals surface area contributed by atoms with Crippen LogP contribution in [0.25, 0.3) is 6.08 Å². The summed E-state index contributed by atoms with van der Waals surface area (Å²) in [6, 6.07) is 2.64. The third kappa shape index (κ3) is 3.45. The number of phenolic OH excluding ortho intramolecular Hbond substituents is 1. The predicted molar refractivity (Wildman–Crippen MR) is 91.5 cm³/mol. The van der Waals surface area contributed by atoms with Crippen molar-refractivity contribution in [2.75, 3.05) is 13.2 Å². The Morgan fingerprint density at radius 2 is 2.17 bits per heavy atom. The zero-order chi connectivity index (χ0) is 17.1. The molecular weight excluding hydrogens is 340 g/mol. The van der Waals surface area contributed by atoms with Crippen LogP contribution in [-0.2, 0) is 4.79 Å². The van der Waals surface area contributed by atoms with E-state index >= 15 is 0 Å². The van der Waals surface area contributed by atoms with E-state index in [1.165, 1.54) is 23.1 Å². The van der Waals surface area contributed by atoms with Gasteiger partial charge < -0.3 is 9.84 Å². The number of phenols is 1. The smallest absolute Gasteiger partial charge is 0.315 e. The Morgan fingerprint density at radius 1 is 1.48 bits per heavy atom. The molecule has 9 heteroatoms. The number of nitro groups is 1. The fourth-order valence-electron chi connectivity index (χ4n) is 2.03. The molecule has 122 valence electrons. The quantitative estimate of drug-likeness (QED) is 0.376. The Balaban J connectivity index is 2.48. The van der Waals surface area contributed by atoms with Gasteiger partial charge in [0.2, 0.25) is 5.75 Å². The van der Waals surface area contributed by atoms with E-state index in [1.54, 1.807) is 6.92 Å². The lowest BCUT2D eigenvalue weighted by atomic mass is 10.1. The fraction of sp³-hybridized carbons (Fsp3) is 0.286. The van der Waals surface area contributed by atoms with Gasteiger partial charge in [-0.2, -0.15) is 0 Å². The molecule has 0 bridgehead atoms. The lowest BCUT2D eigenvalue weighted by molar-refractivity contribution is -0.386. The molecule has 1 aromatic rings. The maximum atomic E-state index is 12.2. The Kier molecular flexibility index (Phi) is 5.22. The number of nitro benzene ring substituents is 1. The number of benzene rings is 1. The highest BCUT2D eigenvalue weighted by molar-refractivity contribution is 8.26. The molecule has 7 nitrogen and oxygen atoms in total. The van der Waals surface area contributed by atoms with Crippen molar-refractivity contribution in [3.8, 4) is 11.5 Å². The van der Waals surface area contributed by atoms with E-state index in [2.05, 4.69) is 0 Å². The molecule has 1 fully saturated rings. The van der Waals surface area contributed by atoms with Crippen LogP contribution in [0.1, 0.15) is 19.4 Å². The average molecular weight is 354 g/mol. The number of carbonyl (C=O) groups excluding carboxylic acids is 1. The number of nitrogens with zero attached hydrogens (tertiary/aromatic N) is 2. The van der Waals surface area contributed by atoms with Crippen molar-refractivity contribution in [3.05, 3.63) is 32.7 Å². The van der Waals surface area contributed by atoms with E-state index in [1.807, 2.05) is 6.92 Å². The lowest BCUT2D eigenvalue weighted by Crippen LogP contribution is -2.27. The van der Waals surface area contributed by atoms with Crippen LogP contribution >= 0.6 is 24.0 Å². The van der Waals surface area contributed by atoms with E-state index in [9.17, 15) is 20.0 Å². The maximum absolute atomic E-state index is 12.2. The van der Waals surface area contributed by atoms with Crippen molar-refractivity contribution in [3.63, 3.8) is 0 Å². The van der Waals surface area contributed by atoms with E-state index in [4.69, 9.17) is 17.0 Å². The molecule has 1 saturated heterocycles. The second-order valence-corrected chi connectivity index (χ2v) is 6.18. The van der Waals surface area contributed by atoms with Crippen molar-refractivity contribution in [1.82, 2.24) is 4.90 Å². The molecule has 1 heterocycles. The van der Waals surface area contributed by atoms with Crippen LogP contribution in [-0.4, -0.2) is 38.3 Å². The Labute approximate surface area is 142 Å². The molecule has 0 radical (unpaired) electrons. The summed E-state index contributed by atoms with van der Waals surface area (Å²) >= 11 is 6.25. The van der Waals surface area contributed by atoms with Gasteiger partial charge in [-0.25, -0.2) is 0 Å². The predicted octanol–water partition coefficient (Wildman–Crippen LogP) is 2.92. The third-order valence-corrected chi connectivity index (χ3v) is 4.44. The number of ether oxygens (including phenoxy) is 1. The first-order valence-corrected chi connectivity index (χ1v) is 8.01. The zero-order valence-corrected chi connectivity index (χ0v) is 14.1. The number of thiocarbonyl (C=S) groups is 1. The van der Waals surface area contributed by atoms with Crippen molar-refractivity contribution < 1.29 is 19.6 Å². The Bertz CT molecular complexity index is 717. The van der Waals surface area contributed by atoms with Gasteiger partial charge in [-0.05, 0) is 31.6 Å². The first kappa shape index (κ1) is 17.2. The van der Waals surface area contributed by atoms with Crippen LogP contribution in [0.15, 0.2) is 17.0 Å². The van der Waals surface area contributed by atoms with Crippen LogP contribution in [0.2, 0.25) is 0 Å². The fourth-order valence-corrected chi connectivity index (χ4v) is 3.41. The first-order valence-electron chi connectivity index (χ1n) is 6.78. The van der Waals surface area contributed by atoms with Crippen molar-refractivity contribution in [2.45, 2.75) is 13.8 Å². The second-order valence-electron chi connectivity index (χ2n) is 4.50. The SMILES string of the molecule is CCOc1cc(/C=C2/SC(=S)N(CC)C2=O)cc([N+](=O)[O-])c1O. The van der Waals surface area contributed by atoms with E-state index in [0.717, 1.165) is 11.8 Å². The van der Waals surface area contributed by atoms with Crippen LogP contribution in [0.5, 0.6) is 11.5 Å². The molecule has 0 aliphatic carbocycles. The summed E-state index contributed by atoms with van der Waals surface area (Å²) in [6.07, 6.45) is 1.50. The van der Waals surface area contributed by atoms with Gasteiger partial charge in [0, 0.05) is 12.6 Å². The molecule has 23 heavy (non-hydrogen) atoms. The number of hydrogen-bond donors (Lipinski definition) is 1. The molecule has 0 saturated carbocycles. The highest BCUT2D eigenvalue weighted by Crippen LogP contribution is 2.39. The second kappa shape index (κ2) is 6.97. The summed E-state index contributed by atoms with van der Waals surface area (Å²) in [4.78, 5) is 24.4. The zero-order valence-electron chi connectivity index (χ0n) is 12.4. The minimum absolute atomic E-state index is 0.001000. The number of carbonyl (C=O) groups is 1. The summed E-state index contributed by atoms with van der Waals surface area (Å²) in [5, 5.41) is 20.9. The van der Waals surface area contributed by atoms with Gasteiger partial charge in [-0.15, -0.1) is 0 Å². The third-order valence-electron chi connectivity index (χ3n) is 3.06. The van der Waals surface area contributed by atoms with Crippen LogP contribution < -0.4 is 4.74 Å². The van der Waals surface area contributed by atoms with E-state index < -0.39 is 16.4 Å². The largest absolute Gasteiger partial charge is 0.500 e. The van der Waals surface area contributed by atoms with E-state index in [0.29, 0.717) is 21.3 Å². The molecule has 1 aromatic carbocycles. The normalized spacial score (nSPS) is 16.3. The first-order chi connectivity index (χ1) is 10.9. The summed E-state index contributed by atoms with van der Waals surface area (Å²) < 4.78 is 5.66. The topological polar surface area (TPSA) is 92.9 Å².